The summed E-state index contributed by atoms with van der Waals surface area (Å²) in [6.45, 7) is 2.10. The fourth-order valence-electron chi connectivity index (χ4n) is 1.36. The van der Waals surface area contributed by atoms with Gasteiger partial charge < -0.3 is 5.32 Å². The monoisotopic (exact) mass is 206 g/mol. The lowest BCUT2D eigenvalue weighted by molar-refractivity contribution is 0.575. The molecule has 0 unspecified atom stereocenters. The van der Waals surface area contributed by atoms with Crippen LogP contribution in [0, 0.1) is 0 Å². The average molecular weight is 206 g/mol. The number of hydrogen-bond donors (Lipinski definition) is 2. The van der Waals surface area contributed by atoms with Gasteiger partial charge in [-0.25, -0.2) is 13.1 Å². The molecular formula is C8H18N2O2S. The van der Waals surface area contributed by atoms with Crippen molar-refractivity contribution in [2.75, 3.05) is 25.4 Å². The summed E-state index contributed by atoms with van der Waals surface area (Å²) in [5.41, 5.74) is 0. The molecular weight excluding hydrogens is 188 g/mol. The van der Waals surface area contributed by atoms with E-state index in [2.05, 4.69) is 10.0 Å². The van der Waals surface area contributed by atoms with Crippen LogP contribution in [0.15, 0.2) is 0 Å². The van der Waals surface area contributed by atoms with Gasteiger partial charge in [-0.05, 0) is 19.4 Å². The van der Waals surface area contributed by atoms with Crippen molar-refractivity contribution >= 4 is 10.0 Å². The Morgan fingerprint density at radius 3 is 2.31 bits per heavy atom. The van der Waals surface area contributed by atoms with Crippen LogP contribution in [0.1, 0.15) is 25.7 Å². The van der Waals surface area contributed by atoms with Crippen molar-refractivity contribution in [2.24, 2.45) is 0 Å². The summed E-state index contributed by atoms with van der Waals surface area (Å²) >= 11 is 0. The van der Waals surface area contributed by atoms with Gasteiger partial charge in [0.05, 0.1) is 5.75 Å². The molecule has 1 heterocycles. The van der Waals surface area contributed by atoms with Gasteiger partial charge in [-0.1, -0.05) is 12.8 Å². The largest absolute Gasteiger partial charge is 0.316 e. The first kappa shape index (κ1) is 10.9. The van der Waals surface area contributed by atoms with Crippen molar-refractivity contribution in [1.82, 2.24) is 10.0 Å². The molecule has 1 aliphatic heterocycles. The van der Waals surface area contributed by atoms with E-state index in [1.165, 1.54) is 6.42 Å². The molecule has 78 valence electrons. The maximum atomic E-state index is 11.2. The van der Waals surface area contributed by atoms with E-state index in [1.807, 2.05) is 0 Å². The maximum absolute atomic E-state index is 11.2. The minimum Gasteiger partial charge on any atom is -0.316 e. The molecule has 0 bridgehead atoms. The van der Waals surface area contributed by atoms with Gasteiger partial charge in [0.1, 0.15) is 0 Å². The van der Waals surface area contributed by atoms with Gasteiger partial charge >= 0.3 is 0 Å². The van der Waals surface area contributed by atoms with Crippen LogP contribution in [0.2, 0.25) is 0 Å². The zero-order valence-electron chi connectivity index (χ0n) is 7.88. The lowest BCUT2D eigenvalue weighted by Crippen LogP contribution is -2.32. The Morgan fingerprint density at radius 1 is 0.846 bits per heavy atom. The first-order valence-corrected chi connectivity index (χ1v) is 6.54. The molecule has 13 heavy (non-hydrogen) atoms. The summed E-state index contributed by atoms with van der Waals surface area (Å²) < 4.78 is 25.1. The minimum absolute atomic E-state index is 0.201. The Kier molecular flexibility index (Phi) is 4.69. The Balaban J connectivity index is 2.36. The third kappa shape index (κ3) is 5.23. The first-order valence-electron chi connectivity index (χ1n) is 4.89. The molecule has 5 heteroatoms. The molecule has 2 N–H and O–H groups in total. The lowest BCUT2D eigenvalue weighted by Gasteiger charge is -2.04. The molecule has 0 spiro atoms. The second-order valence-electron chi connectivity index (χ2n) is 3.38. The molecule has 0 radical (unpaired) electrons. The van der Waals surface area contributed by atoms with E-state index in [-0.39, 0.29) is 5.75 Å². The number of rotatable bonds is 0. The number of hydrogen-bond acceptors (Lipinski definition) is 3. The molecule has 1 fully saturated rings. The number of nitrogens with one attached hydrogen (secondary N) is 2. The average Bonchev–Trinajstić information content (AvgIpc) is 2.10. The zero-order chi connectivity index (χ0) is 9.57. The molecule has 1 rings (SSSR count). The summed E-state index contributed by atoms with van der Waals surface area (Å²) in [6, 6.07) is 0. The Hall–Kier alpha value is -0.130. The van der Waals surface area contributed by atoms with Crippen molar-refractivity contribution in [2.45, 2.75) is 25.7 Å². The van der Waals surface area contributed by atoms with E-state index >= 15 is 0 Å². The second-order valence-corrected chi connectivity index (χ2v) is 5.30. The first-order chi connectivity index (χ1) is 6.21. The van der Waals surface area contributed by atoms with Crippen molar-refractivity contribution in [1.29, 1.82) is 0 Å². The van der Waals surface area contributed by atoms with Gasteiger partial charge in [-0.15, -0.1) is 0 Å². The van der Waals surface area contributed by atoms with Crippen LogP contribution in [-0.4, -0.2) is 33.8 Å². The predicted octanol–water partition coefficient (Wildman–Crippen LogP) is 0.0694. The van der Waals surface area contributed by atoms with Crippen LogP contribution in [0.3, 0.4) is 0 Å². The normalized spacial score (nSPS) is 26.2. The van der Waals surface area contributed by atoms with E-state index in [0.29, 0.717) is 13.1 Å². The summed E-state index contributed by atoms with van der Waals surface area (Å²) in [7, 11) is -3.01. The van der Waals surface area contributed by atoms with Crippen LogP contribution in [0.4, 0.5) is 0 Å². The third-order valence-electron chi connectivity index (χ3n) is 2.15. The van der Waals surface area contributed by atoms with Crippen LogP contribution < -0.4 is 10.0 Å². The topological polar surface area (TPSA) is 58.2 Å². The lowest BCUT2D eigenvalue weighted by atomic mass is 10.2. The molecule has 0 atom stereocenters. The van der Waals surface area contributed by atoms with Gasteiger partial charge in [-0.2, -0.15) is 0 Å². The highest BCUT2D eigenvalue weighted by atomic mass is 32.2. The molecule has 0 saturated carbocycles. The Bertz CT molecular complexity index is 208. The SMILES string of the molecule is O=S1(=O)CCNCCCCCCN1. The molecule has 0 aromatic rings. The number of sulfonamides is 1. The van der Waals surface area contributed by atoms with Crippen LogP contribution in [0.25, 0.3) is 0 Å². The van der Waals surface area contributed by atoms with Gasteiger partial charge in [0.2, 0.25) is 10.0 Å². The molecule has 0 aromatic carbocycles. The van der Waals surface area contributed by atoms with Gasteiger partial charge in [0, 0.05) is 13.1 Å². The van der Waals surface area contributed by atoms with E-state index in [1.54, 1.807) is 0 Å². The highest BCUT2D eigenvalue weighted by Crippen LogP contribution is 1.99. The molecule has 1 aliphatic rings. The quantitative estimate of drug-likeness (QED) is 0.589. The molecule has 0 aromatic heterocycles. The van der Waals surface area contributed by atoms with Gasteiger partial charge in [-0.3, -0.25) is 0 Å². The summed E-state index contributed by atoms with van der Waals surface area (Å²) in [5.74, 6) is 0.201. The summed E-state index contributed by atoms with van der Waals surface area (Å²) in [5, 5.41) is 3.12. The van der Waals surface area contributed by atoms with E-state index in [0.717, 1.165) is 25.8 Å². The molecule has 0 aliphatic carbocycles. The minimum atomic E-state index is -3.01. The summed E-state index contributed by atoms with van der Waals surface area (Å²) in [6.07, 6.45) is 4.41. The molecule has 4 nitrogen and oxygen atoms in total. The van der Waals surface area contributed by atoms with Crippen molar-refractivity contribution in [3.63, 3.8) is 0 Å². The second kappa shape index (κ2) is 5.57. The molecule has 0 amide bonds. The standard InChI is InChI=1S/C8H18N2O2S/c11-13(12)8-7-9-5-3-1-2-4-6-10-13/h9-10H,1-8H2. The maximum Gasteiger partial charge on any atom is 0.212 e. The third-order valence-corrected chi connectivity index (χ3v) is 3.54. The smallest absolute Gasteiger partial charge is 0.212 e. The zero-order valence-corrected chi connectivity index (χ0v) is 8.70. The highest BCUT2D eigenvalue weighted by Gasteiger charge is 2.08. The molecule has 1 saturated heterocycles. The Morgan fingerprint density at radius 2 is 1.54 bits per heavy atom. The van der Waals surface area contributed by atoms with Gasteiger partial charge in [0.25, 0.3) is 0 Å². The van der Waals surface area contributed by atoms with Crippen LogP contribution >= 0.6 is 0 Å². The summed E-state index contributed by atoms with van der Waals surface area (Å²) in [4.78, 5) is 0. The van der Waals surface area contributed by atoms with Crippen LogP contribution in [0.5, 0.6) is 0 Å². The van der Waals surface area contributed by atoms with Crippen LogP contribution in [-0.2, 0) is 10.0 Å². The fourth-order valence-corrected chi connectivity index (χ4v) is 2.37. The van der Waals surface area contributed by atoms with Crippen molar-refractivity contribution < 1.29 is 8.42 Å². The van der Waals surface area contributed by atoms with Gasteiger partial charge in [0.15, 0.2) is 0 Å². The van der Waals surface area contributed by atoms with E-state index in [4.69, 9.17) is 0 Å². The highest BCUT2D eigenvalue weighted by molar-refractivity contribution is 7.89. The van der Waals surface area contributed by atoms with Crippen molar-refractivity contribution in [3.8, 4) is 0 Å². The fraction of sp³-hybridized carbons (Fsp3) is 1.00. The van der Waals surface area contributed by atoms with E-state index in [9.17, 15) is 8.42 Å². The predicted molar refractivity (Wildman–Crippen MR) is 53.1 cm³/mol. The van der Waals surface area contributed by atoms with E-state index < -0.39 is 10.0 Å². The Labute approximate surface area is 80.1 Å². The van der Waals surface area contributed by atoms with Crippen molar-refractivity contribution in [3.05, 3.63) is 0 Å².